The molecule has 0 bridgehead atoms. The molecule has 4 nitrogen and oxygen atoms in total. The van der Waals surface area contributed by atoms with E-state index in [1.165, 1.54) is 34.5 Å². The van der Waals surface area contributed by atoms with Crippen molar-refractivity contribution in [2.24, 2.45) is 0 Å². The average Bonchev–Trinajstić information content (AvgIpc) is 3.12. The minimum Gasteiger partial charge on any atom is -0.469 e. The van der Waals surface area contributed by atoms with Crippen LogP contribution in [-0.4, -0.2) is 24.7 Å². The van der Waals surface area contributed by atoms with Crippen LogP contribution in [0.4, 0.5) is 0 Å². The van der Waals surface area contributed by atoms with E-state index in [1.54, 1.807) is 11.8 Å². The van der Waals surface area contributed by atoms with Crippen molar-refractivity contribution in [1.29, 1.82) is 0 Å². The summed E-state index contributed by atoms with van der Waals surface area (Å²) in [5.41, 5.74) is 2.52. The Kier molecular flexibility index (Phi) is 7.52. The number of esters is 1. The van der Waals surface area contributed by atoms with Crippen molar-refractivity contribution in [2.75, 3.05) is 12.9 Å². The van der Waals surface area contributed by atoms with Gasteiger partial charge in [-0.3, -0.25) is 9.59 Å². The Morgan fingerprint density at radius 1 is 1.24 bits per heavy atom. The topological polar surface area (TPSA) is 55.4 Å². The van der Waals surface area contributed by atoms with Crippen LogP contribution in [0, 0.1) is 13.8 Å². The van der Waals surface area contributed by atoms with Gasteiger partial charge in [-0.25, -0.2) is 0 Å². The standard InChI is InChI=1S/C19H23NO3S2/c1-13-6-7-15(11-14(13)2)24-10-8-18(21)20-16(12-19(22)23-3)17-5-4-9-25-17/h4-7,9,11,16H,8,10,12H2,1-3H3,(H,20,21). The number of aryl methyl sites for hydroxylation is 2. The van der Waals surface area contributed by atoms with E-state index in [0.717, 1.165) is 4.88 Å². The first-order chi connectivity index (χ1) is 12.0. The Morgan fingerprint density at radius 3 is 2.68 bits per heavy atom. The highest BCUT2D eigenvalue weighted by molar-refractivity contribution is 7.99. The number of methoxy groups -OCH3 is 1. The van der Waals surface area contributed by atoms with Crippen LogP contribution in [0.1, 0.15) is 34.9 Å². The number of carbonyl (C=O) groups excluding carboxylic acids is 2. The van der Waals surface area contributed by atoms with Gasteiger partial charge in [-0.2, -0.15) is 0 Å². The lowest BCUT2D eigenvalue weighted by molar-refractivity contribution is -0.141. The number of carbonyl (C=O) groups is 2. The third kappa shape index (κ3) is 6.21. The van der Waals surface area contributed by atoms with Gasteiger partial charge in [0, 0.05) is 21.9 Å². The Hall–Kier alpha value is -1.79. The zero-order chi connectivity index (χ0) is 18.2. The van der Waals surface area contributed by atoms with Gasteiger partial charge in [0.1, 0.15) is 0 Å². The fraction of sp³-hybridized carbons (Fsp3) is 0.368. The molecule has 1 amide bonds. The number of ether oxygens (including phenoxy) is 1. The van der Waals surface area contributed by atoms with Crippen molar-refractivity contribution >= 4 is 35.0 Å². The SMILES string of the molecule is COC(=O)CC(NC(=O)CCSc1ccc(C)c(C)c1)c1cccs1. The molecule has 0 aliphatic rings. The number of nitrogens with one attached hydrogen (secondary N) is 1. The van der Waals surface area contributed by atoms with E-state index in [-0.39, 0.29) is 24.3 Å². The molecule has 1 N–H and O–H groups in total. The number of benzene rings is 1. The van der Waals surface area contributed by atoms with Crippen LogP contribution in [0.15, 0.2) is 40.6 Å². The maximum absolute atomic E-state index is 12.3. The summed E-state index contributed by atoms with van der Waals surface area (Å²) < 4.78 is 4.73. The van der Waals surface area contributed by atoms with Gasteiger partial charge in [0.25, 0.3) is 0 Å². The van der Waals surface area contributed by atoms with E-state index in [1.807, 2.05) is 17.5 Å². The predicted molar refractivity (Wildman–Crippen MR) is 103 cm³/mol. The highest BCUT2D eigenvalue weighted by Gasteiger charge is 2.19. The minimum absolute atomic E-state index is 0.0568. The number of hydrogen-bond acceptors (Lipinski definition) is 5. The highest BCUT2D eigenvalue weighted by Crippen LogP contribution is 2.24. The number of hydrogen-bond donors (Lipinski definition) is 1. The summed E-state index contributed by atoms with van der Waals surface area (Å²) in [5, 5.41) is 4.88. The lowest BCUT2D eigenvalue weighted by atomic mass is 10.1. The molecule has 2 rings (SSSR count). The molecule has 134 valence electrons. The average molecular weight is 378 g/mol. The second-order valence-electron chi connectivity index (χ2n) is 5.76. The zero-order valence-electron chi connectivity index (χ0n) is 14.7. The van der Waals surface area contributed by atoms with E-state index >= 15 is 0 Å². The highest BCUT2D eigenvalue weighted by atomic mass is 32.2. The molecule has 0 aliphatic heterocycles. The molecule has 2 aromatic rings. The summed E-state index contributed by atoms with van der Waals surface area (Å²) >= 11 is 3.19. The molecule has 0 saturated heterocycles. The van der Waals surface area contributed by atoms with Gasteiger partial charge >= 0.3 is 5.97 Å². The monoisotopic (exact) mass is 377 g/mol. The normalized spacial score (nSPS) is 11.8. The summed E-state index contributed by atoms with van der Waals surface area (Å²) in [6.07, 6.45) is 0.549. The second kappa shape index (κ2) is 9.63. The minimum atomic E-state index is -0.330. The van der Waals surface area contributed by atoms with Crippen molar-refractivity contribution in [3.8, 4) is 0 Å². The smallest absolute Gasteiger partial charge is 0.307 e. The lowest BCUT2D eigenvalue weighted by Gasteiger charge is -2.16. The third-order valence-electron chi connectivity index (χ3n) is 3.90. The maximum Gasteiger partial charge on any atom is 0.307 e. The van der Waals surface area contributed by atoms with Crippen molar-refractivity contribution in [2.45, 2.75) is 37.6 Å². The van der Waals surface area contributed by atoms with Crippen LogP contribution < -0.4 is 5.32 Å². The summed E-state index contributed by atoms with van der Waals surface area (Å²) in [6, 6.07) is 9.82. The molecule has 1 unspecified atom stereocenters. The molecule has 1 heterocycles. The fourth-order valence-corrected chi connectivity index (χ4v) is 4.02. The summed E-state index contributed by atoms with van der Waals surface area (Å²) in [6.45, 7) is 4.17. The van der Waals surface area contributed by atoms with Crippen molar-refractivity contribution in [3.63, 3.8) is 0 Å². The number of amides is 1. The van der Waals surface area contributed by atoms with E-state index in [2.05, 4.69) is 37.4 Å². The molecule has 1 atom stereocenters. The molecular weight excluding hydrogens is 354 g/mol. The Morgan fingerprint density at radius 2 is 2.04 bits per heavy atom. The van der Waals surface area contributed by atoms with E-state index in [4.69, 9.17) is 4.74 Å². The first-order valence-electron chi connectivity index (χ1n) is 8.09. The Bertz CT molecular complexity index is 713. The zero-order valence-corrected chi connectivity index (χ0v) is 16.3. The molecule has 0 saturated carbocycles. The van der Waals surface area contributed by atoms with Gasteiger partial charge in [-0.15, -0.1) is 23.1 Å². The molecule has 0 spiro atoms. The van der Waals surface area contributed by atoms with Crippen LogP contribution >= 0.6 is 23.1 Å². The van der Waals surface area contributed by atoms with Crippen LogP contribution in [0.5, 0.6) is 0 Å². The predicted octanol–water partition coefficient (Wildman–Crippen LogP) is 4.27. The molecule has 0 aliphatic carbocycles. The molecule has 0 fully saturated rings. The van der Waals surface area contributed by atoms with Crippen molar-refractivity contribution in [1.82, 2.24) is 5.32 Å². The second-order valence-corrected chi connectivity index (χ2v) is 7.91. The molecule has 1 aromatic carbocycles. The summed E-state index contributed by atoms with van der Waals surface area (Å²) in [5.74, 6) is 0.311. The Labute approximate surface area is 157 Å². The molecule has 6 heteroatoms. The quantitative estimate of drug-likeness (QED) is 0.551. The first kappa shape index (κ1) is 19.5. The molecular formula is C19H23NO3S2. The van der Waals surface area contributed by atoms with Gasteiger partial charge < -0.3 is 10.1 Å². The van der Waals surface area contributed by atoms with Crippen LogP contribution in [0.3, 0.4) is 0 Å². The summed E-state index contributed by atoms with van der Waals surface area (Å²) in [4.78, 5) is 26.0. The van der Waals surface area contributed by atoms with E-state index in [9.17, 15) is 9.59 Å². The third-order valence-corrected chi connectivity index (χ3v) is 5.88. The van der Waals surface area contributed by atoms with Crippen molar-refractivity contribution < 1.29 is 14.3 Å². The van der Waals surface area contributed by atoms with Gasteiger partial charge in [-0.05, 0) is 48.6 Å². The maximum atomic E-state index is 12.3. The number of thiophene rings is 1. The molecule has 1 aromatic heterocycles. The van der Waals surface area contributed by atoms with Crippen LogP contribution in [0.25, 0.3) is 0 Å². The number of rotatable bonds is 8. The van der Waals surface area contributed by atoms with Gasteiger partial charge in [0.15, 0.2) is 0 Å². The fourth-order valence-electron chi connectivity index (χ4n) is 2.29. The summed E-state index contributed by atoms with van der Waals surface area (Å²) in [7, 11) is 1.36. The van der Waals surface area contributed by atoms with Crippen LogP contribution in [0.2, 0.25) is 0 Å². The Balaban J connectivity index is 1.86. The largest absolute Gasteiger partial charge is 0.469 e. The molecule has 25 heavy (non-hydrogen) atoms. The van der Waals surface area contributed by atoms with Gasteiger partial charge in [0.2, 0.25) is 5.91 Å². The van der Waals surface area contributed by atoms with Gasteiger partial charge in [0.05, 0.1) is 19.6 Å². The number of thioether (sulfide) groups is 1. The first-order valence-corrected chi connectivity index (χ1v) is 9.95. The molecule has 0 radical (unpaired) electrons. The van der Waals surface area contributed by atoms with E-state index in [0.29, 0.717) is 12.2 Å². The lowest BCUT2D eigenvalue weighted by Crippen LogP contribution is -2.30. The van der Waals surface area contributed by atoms with E-state index < -0.39 is 0 Å². The van der Waals surface area contributed by atoms with Crippen LogP contribution in [-0.2, 0) is 14.3 Å². The van der Waals surface area contributed by atoms with Gasteiger partial charge in [-0.1, -0.05) is 12.1 Å². The van der Waals surface area contributed by atoms with Crippen molar-refractivity contribution in [3.05, 3.63) is 51.7 Å².